The lowest BCUT2D eigenvalue weighted by Crippen LogP contribution is -2.33. The zero-order valence-electron chi connectivity index (χ0n) is 11.6. The SMILES string of the molecule is NCCC1CN(CC2CCCOC2)c2ccccc21. The summed E-state index contributed by atoms with van der Waals surface area (Å²) in [5.74, 6) is 1.31. The molecule has 2 aliphatic heterocycles. The normalized spacial score (nSPS) is 26.5. The van der Waals surface area contributed by atoms with E-state index in [4.69, 9.17) is 10.5 Å². The van der Waals surface area contributed by atoms with Crippen LogP contribution in [0.5, 0.6) is 0 Å². The Morgan fingerprint density at radius 1 is 1.32 bits per heavy atom. The van der Waals surface area contributed by atoms with Crippen molar-refractivity contribution in [3.8, 4) is 0 Å². The molecular formula is C16H24N2O. The predicted molar refractivity (Wildman–Crippen MR) is 78.6 cm³/mol. The number of rotatable bonds is 4. The highest BCUT2D eigenvalue weighted by Gasteiger charge is 2.29. The maximum absolute atomic E-state index is 5.76. The number of hydrogen-bond donors (Lipinski definition) is 1. The van der Waals surface area contributed by atoms with Crippen molar-refractivity contribution in [1.29, 1.82) is 0 Å². The maximum atomic E-state index is 5.76. The molecule has 2 atom stereocenters. The summed E-state index contributed by atoms with van der Waals surface area (Å²) in [7, 11) is 0. The van der Waals surface area contributed by atoms with Crippen LogP contribution in [0.1, 0.15) is 30.7 Å². The first-order valence-electron chi connectivity index (χ1n) is 7.50. The number of nitrogens with zero attached hydrogens (tertiary/aromatic N) is 1. The van der Waals surface area contributed by atoms with Gasteiger partial charge in [0.05, 0.1) is 6.61 Å². The molecule has 3 nitrogen and oxygen atoms in total. The molecule has 0 aliphatic carbocycles. The summed E-state index contributed by atoms with van der Waals surface area (Å²) in [6.07, 6.45) is 3.61. The van der Waals surface area contributed by atoms with E-state index < -0.39 is 0 Å². The van der Waals surface area contributed by atoms with Gasteiger partial charge in [-0.05, 0) is 43.4 Å². The molecule has 3 rings (SSSR count). The second kappa shape index (κ2) is 5.93. The number of ether oxygens (including phenoxy) is 1. The zero-order chi connectivity index (χ0) is 13.1. The minimum Gasteiger partial charge on any atom is -0.381 e. The Kier molecular flexibility index (Phi) is 4.04. The van der Waals surface area contributed by atoms with E-state index in [0.717, 1.165) is 39.3 Å². The van der Waals surface area contributed by atoms with Gasteiger partial charge in [0.25, 0.3) is 0 Å². The van der Waals surface area contributed by atoms with Gasteiger partial charge in [-0.15, -0.1) is 0 Å². The molecule has 0 spiro atoms. The smallest absolute Gasteiger partial charge is 0.0511 e. The van der Waals surface area contributed by atoms with Crippen LogP contribution in [0.2, 0.25) is 0 Å². The van der Waals surface area contributed by atoms with Gasteiger partial charge in [0.15, 0.2) is 0 Å². The number of anilines is 1. The molecule has 1 aromatic carbocycles. The van der Waals surface area contributed by atoms with E-state index >= 15 is 0 Å². The second-order valence-electron chi connectivity index (χ2n) is 5.82. The van der Waals surface area contributed by atoms with Crippen molar-refractivity contribution in [3.05, 3.63) is 29.8 Å². The van der Waals surface area contributed by atoms with E-state index in [1.165, 1.54) is 24.1 Å². The number of benzene rings is 1. The third-order valence-electron chi connectivity index (χ3n) is 4.41. The lowest BCUT2D eigenvalue weighted by atomic mass is 9.98. The molecule has 1 aromatic rings. The first kappa shape index (κ1) is 12.9. The van der Waals surface area contributed by atoms with Gasteiger partial charge in [0.1, 0.15) is 0 Å². The fourth-order valence-corrected chi connectivity index (χ4v) is 3.47. The Morgan fingerprint density at radius 2 is 2.21 bits per heavy atom. The van der Waals surface area contributed by atoms with E-state index in [0.29, 0.717) is 11.8 Å². The third-order valence-corrected chi connectivity index (χ3v) is 4.41. The lowest BCUT2D eigenvalue weighted by molar-refractivity contribution is 0.0573. The summed E-state index contributed by atoms with van der Waals surface area (Å²) in [4.78, 5) is 2.55. The van der Waals surface area contributed by atoms with E-state index in [-0.39, 0.29) is 0 Å². The highest BCUT2D eigenvalue weighted by Crippen LogP contribution is 2.38. The molecule has 1 saturated heterocycles. The molecule has 0 bridgehead atoms. The second-order valence-corrected chi connectivity index (χ2v) is 5.82. The van der Waals surface area contributed by atoms with Crippen LogP contribution < -0.4 is 10.6 Å². The van der Waals surface area contributed by atoms with Gasteiger partial charge >= 0.3 is 0 Å². The van der Waals surface area contributed by atoms with E-state index in [1.807, 2.05) is 0 Å². The van der Waals surface area contributed by atoms with Gasteiger partial charge in [-0.25, -0.2) is 0 Å². The van der Waals surface area contributed by atoms with Crippen molar-refractivity contribution >= 4 is 5.69 Å². The zero-order valence-corrected chi connectivity index (χ0v) is 11.6. The standard InChI is InChI=1S/C16H24N2O/c17-8-7-14-11-18(10-13-4-3-9-19-12-13)16-6-2-1-5-15(14)16/h1-2,5-6,13-14H,3-4,7-12,17H2. The van der Waals surface area contributed by atoms with Crippen LogP contribution in [0, 0.1) is 5.92 Å². The molecule has 0 saturated carbocycles. The fourth-order valence-electron chi connectivity index (χ4n) is 3.47. The predicted octanol–water partition coefficient (Wildman–Crippen LogP) is 2.37. The van der Waals surface area contributed by atoms with E-state index in [9.17, 15) is 0 Å². The summed E-state index contributed by atoms with van der Waals surface area (Å²) < 4.78 is 5.61. The molecule has 104 valence electrons. The Hall–Kier alpha value is -1.06. The van der Waals surface area contributed by atoms with Crippen LogP contribution >= 0.6 is 0 Å². The van der Waals surface area contributed by atoms with Gasteiger partial charge in [0, 0.05) is 31.3 Å². The molecule has 0 aromatic heterocycles. The number of para-hydroxylation sites is 1. The number of fused-ring (bicyclic) bond motifs is 1. The molecule has 2 N–H and O–H groups in total. The van der Waals surface area contributed by atoms with Crippen LogP contribution in [0.3, 0.4) is 0 Å². The van der Waals surface area contributed by atoms with Crippen molar-refractivity contribution < 1.29 is 4.74 Å². The molecule has 2 unspecified atom stereocenters. The van der Waals surface area contributed by atoms with Crippen LogP contribution in [-0.2, 0) is 4.74 Å². The summed E-state index contributed by atoms with van der Waals surface area (Å²) in [5.41, 5.74) is 8.67. The van der Waals surface area contributed by atoms with Crippen LogP contribution in [0.15, 0.2) is 24.3 Å². The van der Waals surface area contributed by atoms with Gasteiger partial charge in [-0.2, -0.15) is 0 Å². The van der Waals surface area contributed by atoms with E-state index in [1.54, 1.807) is 0 Å². The Morgan fingerprint density at radius 3 is 3.00 bits per heavy atom. The Labute approximate surface area is 115 Å². The molecule has 1 fully saturated rings. The summed E-state index contributed by atoms with van der Waals surface area (Å²) >= 11 is 0. The highest BCUT2D eigenvalue weighted by molar-refractivity contribution is 5.60. The van der Waals surface area contributed by atoms with Crippen molar-refractivity contribution in [1.82, 2.24) is 0 Å². The molecule has 19 heavy (non-hydrogen) atoms. The minimum atomic E-state index is 0.616. The maximum Gasteiger partial charge on any atom is 0.0511 e. The van der Waals surface area contributed by atoms with Crippen molar-refractivity contribution in [2.24, 2.45) is 11.7 Å². The Balaban J connectivity index is 1.72. The van der Waals surface area contributed by atoms with Gasteiger partial charge < -0.3 is 15.4 Å². The largest absolute Gasteiger partial charge is 0.381 e. The van der Waals surface area contributed by atoms with Crippen molar-refractivity contribution in [2.75, 3.05) is 37.7 Å². The molecular weight excluding hydrogens is 236 g/mol. The third kappa shape index (κ3) is 2.77. The summed E-state index contributed by atoms with van der Waals surface area (Å²) in [5, 5.41) is 0. The summed E-state index contributed by atoms with van der Waals surface area (Å²) in [6, 6.07) is 8.83. The quantitative estimate of drug-likeness (QED) is 0.903. The van der Waals surface area contributed by atoms with Gasteiger partial charge in [-0.3, -0.25) is 0 Å². The molecule has 0 radical (unpaired) electrons. The van der Waals surface area contributed by atoms with Crippen LogP contribution in [0.4, 0.5) is 5.69 Å². The number of nitrogens with two attached hydrogens (primary N) is 1. The molecule has 2 aliphatic rings. The highest BCUT2D eigenvalue weighted by atomic mass is 16.5. The fraction of sp³-hybridized carbons (Fsp3) is 0.625. The monoisotopic (exact) mass is 260 g/mol. The van der Waals surface area contributed by atoms with Crippen LogP contribution in [-0.4, -0.2) is 32.8 Å². The first-order valence-corrected chi connectivity index (χ1v) is 7.50. The first-order chi connectivity index (χ1) is 9.38. The van der Waals surface area contributed by atoms with E-state index in [2.05, 4.69) is 29.2 Å². The molecule has 0 amide bonds. The average molecular weight is 260 g/mol. The van der Waals surface area contributed by atoms with Crippen molar-refractivity contribution in [3.63, 3.8) is 0 Å². The van der Waals surface area contributed by atoms with Gasteiger partial charge in [0.2, 0.25) is 0 Å². The van der Waals surface area contributed by atoms with Crippen LogP contribution in [0.25, 0.3) is 0 Å². The Bertz CT molecular complexity index is 415. The lowest BCUT2D eigenvalue weighted by Gasteiger charge is -2.29. The molecule has 2 heterocycles. The van der Waals surface area contributed by atoms with Crippen molar-refractivity contribution in [2.45, 2.75) is 25.2 Å². The number of hydrogen-bond acceptors (Lipinski definition) is 3. The molecule has 3 heteroatoms. The van der Waals surface area contributed by atoms with Gasteiger partial charge in [-0.1, -0.05) is 18.2 Å². The average Bonchev–Trinajstić information content (AvgIpc) is 2.79. The minimum absolute atomic E-state index is 0.616. The topological polar surface area (TPSA) is 38.5 Å². The summed E-state index contributed by atoms with van der Waals surface area (Å²) in [6.45, 7) is 4.92.